The second-order valence-electron chi connectivity index (χ2n) is 6.04. The Morgan fingerprint density at radius 1 is 1.26 bits per heavy atom. The van der Waals surface area contributed by atoms with E-state index < -0.39 is 6.10 Å². The van der Waals surface area contributed by atoms with Crippen molar-refractivity contribution in [1.29, 1.82) is 0 Å². The minimum atomic E-state index is -0.562. The van der Waals surface area contributed by atoms with Gasteiger partial charge in [-0.3, -0.25) is 4.79 Å². The molecule has 4 rings (SSSR count). The molecule has 0 fully saturated rings. The van der Waals surface area contributed by atoms with Crippen LogP contribution in [0.15, 0.2) is 59.7 Å². The maximum Gasteiger partial charge on any atom is 0.248 e. The molecule has 8 heteroatoms. The van der Waals surface area contributed by atoms with E-state index >= 15 is 0 Å². The van der Waals surface area contributed by atoms with Crippen molar-refractivity contribution < 1.29 is 9.13 Å². The summed E-state index contributed by atoms with van der Waals surface area (Å²) in [6.07, 6.45) is 2.84. The molecule has 0 saturated heterocycles. The third-order valence-electron chi connectivity index (χ3n) is 4.16. The van der Waals surface area contributed by atoms with Crippen LogP contribution in [0, 0.1) is 5.82 Å². The lowest BCUT2D eigenvalue weighted by Crippen LogP contribution is -2.17. The molecule has 0 aliphatic rings. The van der Waals surface area contributed by atoms with Crippen LogP contribution in [-0.4, -0.2) is 19.7 Å². The number of nitrogen functional groups attached to an aromatic ring is 1. The molecule has 1 aromatic carbocycles. The minimum Gasteiger partial charge on any atom is -0.481 e. The van der Waals surface area contributed by atoms with Crippen molar-refractivity contribution in [3.8, 4) is 11.4 Å². The summed E-state index contributed by atoms with van der Waals surface area (Å²) < 4.78 is 21.1. The van der Waals surface area contributed by atoms with Crippen LogP contribution >= 0.6 is 0 Å². The van der Waals surface area contributed by atoms with E-state index in [4.69, 9.17) is 10.5 Å². The first-order valence-corrected chi connectivity index (χ1v) is 8.27. The lowest BCUT2D eigenvalue weighted by Gasteiger charge is -2.19. The van der Waals surface area contributed by atoms with Gasteiger partial charge < -0.3 is 15.5 Å². The predicted octanol–water partition coefficient (Wildman–Crippen LogP) is 2.97. The molecule has 0 amide bonds. The smallest absolute Gasteiger partial charge is 0.248 e. The van der Waals surface area contributed by atoms with E-state index in [9.17, 15) is 9.18 Å². The quantitative estimate of drug-likeness (QED) is 0.579. The molecule has 136 valence electrons. The Morgan fingerprint density at radius 3 is 2.89 bits per heavy atom. The summed E-state index contributed by atoms with van der Waals surface area (Å²) in [7, 11) is 0. The second kappa shape index (κ2) is 6.56. The third kappa shape index (κ3) is 3.24. The summed E-state index contributed by atoms with van der Waals surface area (Å²) in [5.41, 5.74) is 7.51. The molecule has 0 aliphatic carbocycles. The average molecular weight is 365 g/mol. The van der Waals surface area contributed by atoms with E-state index in [1.807, 2.05) is 0 Å². The molecule has 27 heavy (non-hydrogen) atoms. The number of aromatic nitrogens is 4. The van der Waals surface area contributed by atoms with Gasteiger partial charge in [0.2, 0.25) is 5.56 Å². The zero-order valence-electron chi connectivity index (χ0n) is 14.4. The number of nitrogens with one attached hydrogen (secondary N) is 1. The molecule has 0 aliphatic heterocycles. The van der Waals surface area contributed by atoms with Gasteiger partial charge >= 0.3 is 0 Å². The number of aromatic amines is 1. The maximum atomic E-state index is 13.5. The highest BCUT2D eigenvalue weighted by Gasteiger charge is 2.17. The van der Waals surface area contributed by atoms with Gasteiger partial charge in [0.05, 0.1) is 16.9 Å². The highest BCUT2D eigenvalue weighted by atomic mass is 19.1. The van der Waals surface area contributed by atoms with Crippen LogP contribution in [0.25, 0.3) is 16.6 Å². The first-order valence-electron chi connectivity index (χ1n) is 8.27. The van der Waals surface area contributed by atoms with Gasteiger partial charge in [-0.15, -0.1) is 0 Å². The van der Waals surface area contributed by atoms with Crippen molar-refractivity contribution in [1.82, 2.24) is 19.7 Å². The fourth-order valence-corrected chi connectivity index (χ4v) is 2.89. The SMILES string of the molecule is C[C@H](Oc1cc2cc(F)ccc2nc1N)c1[nH]c(=O)ccc1-n1cccn1. The predicted molar refractivity (Wildman–Crippen MR) is 99.3 cm³/mol. The first-order chi connectivity index (χ1) is 13.0. The van der Waals surface area contributed by atoms with Crippen LogP contribution in [0.5, 0.6) is 5.75 Å². The van der Waals surface area contributed by atoms with Crippen LogP contribution in [0.1, 0.15) is 18.7 Å². The first kappa shape index (κ1) is 16.8. The van der Waals surface area contributed by atoms with E-state index in [1.165, 1.54) is 18.2 Å². The van der Waals surface area contributed by atoms with E-state index in [0.29, 0.717) is 28.0 Å². The summed E-state index contributed by atoms with van der Waals surface area (Å²) in [5, 5.41) is 4.76. The molecule has 3 heterocycles. The number of hydrogen-bond acceptors (Lipinski definition) is 5. The molecule has 0 unspecified atom stereocenters. The fourth-order valence-electron chi connectivity index (χ4n) is 2.89. The van der Waals surface area contributed by atoms with E-state index in [-0.39, 0.29) is 17.2 Å². The minimum absolute atomic E-state index is 0.180. The number of hydrogen-bond donors (Lipinski definition) is 2. The van der Waals surface area contributed by atoms with Gasteiger partial charge in [0.25, 0.3) is 0 Å². The summed E-state index contributed by atoms with van der Waals surface area (Å²) in [4.78, 5) is 18.9. The molecule has 0 bridgehead atoms. The van der Waals surface area contributed by atoms with Gasteiger partial charge in [-0.2, -0.15) is 5.10 Å². The van der Waals surface area contributed by atoms with Crippen molar-refractivity contribution in [2.75, 3.05) is 5.73 Å². The lowest BCUT2D eigenvalue weighted by molar-refractivity contribution is 0.222. The summed E-state index contributed by atoms with van der Waals surface area (Å²) >= 11 is 0. The largest absolute Gasteiger partial charge is 0.481 e. The van der Waals surface area contributed by atoms with Crippen LogP contribution < -0.4 is 16.0 Å². The fraction of sp³-hybridized carbons (Fsp3) is 0.105. The summed E-state index contributed by atoms with van der Waals surface area (Å²) in [6, 6.07) is 10.7. The molecule has 3 aromatic heterocycles. The van der Waals surface area contributed by atoms with Crippen LogP contribution in [0.2, 0.25) is 0 Å². The zero-order valence-corrected chi connectivity index (χ0v) is 14.4. The molecule has 0 radical (unpaired) electrons. The number of rotatable bonds is 4. The average Bonchev–Trinajstić information content (AvgIpc) is 3.17. The van der Waals surface area contributed by atoms with Gasteiger partial charge in [-0.05, 0) is 43.3 Å². The lowest BCUT2D eigenvalue weighted by atomic mass is 10.2. The summed E-state index contributed by atoms with van der Waals surface area (Å²) in [5.74, 6) is 0.109. The highest BCUT2D eigenvalue weighted by molar-refractivity contribution is 5.82. The number of pyridine rings is 2. The number of ether oxygens (including phenoxy) is 1. The third-order valence-corrected chi connectivity index (χ3v) is 4.16. The van der Waals surface area contributed by atoms with Crippen LogP contribution in [0.4, 0.5) is 10.2 Å². The number of nitrogens with zero attached hydrogens (tertiary/aromatic N) is 3. The van der Waals surface area contributed by atoms with E-state index in [2.05, 4.69) is 15.1 Å². The topological polar surface area (TPSA) is 98.8 Å². The van der Waals surface area contributed by atoms with Crippen LogP contribution in [0.3, 0.4) is 0 Å². The normalized spacial score (nSPS) is 12.2. The van der Waals surface area contributed by atoms with Gasteiger partial charge in [-0.25, -0.2) is 14.1 Å². The summed E-state index contributed by atoms with van der Waals surface area (Å²) in [6.45, 7) is 1.77. The van der Waals surface area contributed by atoms with Crippen molar-refractivity contribution in [2.24, 2.45) is 0 Å². The molecule has 3 N–H and O–H groups in total. The number of anilines is 1. The number of benzene rings is 1. The van der Waals surface area contributed by atoms with Crippen LogP contribution in [-0.2, 0) is 0 Å². The molecular formula is C19H16FN5O2. The Balaban J connectivity index is 1.74. The highest BCUT2D eigenvalue weighted by Crippen LogP contribution is 2.30. The molecule has 7 nitrogen and oxygen atoms in total. The molecule has 0 saturated carbocycles. The Labute approximate surface area is 153 Å². The van der Waals surface area contributed by atoms with Gasteiger partial charge in [-0.1, -0.05) is 0 Å². The van der Waals surface area contributed by atoms with E-state index in [1.54, 1.807) is 48.3 Å². The monoisotopic (exact) mass is 365 g/mol. The Bertz CT molecular complexity index is 1170. The number of H-pyrrole nitrogens is 1. The van der Waals surface area contributed by atoms with Crippen molar-refractivity contribution in [3.05, 3.63) is 76.7 Å². The van der Waals surface area contributed by atoms with Gasteiger partial charge in [0.15, 0.2) is 11.6 Å². The van der Waals surface area contributed by atoms with Crippen molar-refractivity contribution in [3.63, 3.8) is 0 Å². The van der Waals surface area contributed by atoms with Crippen molar-refractivity contribution in [2.45, 2.75) is 13.0 Å². The van der Waals surface area contributed by atoms with Gasteiger partial charge in [0, 0.05) is 23.8 Å². The Kier molecular flexibility index (Phi) is 4.08. The van der Waals surface area contributed by atoms with Crippen molar-refractivity contribution >= 4 is 16.7 Å². The molecule has 4 aromatic rings. The number of nitrogens with two attached hydrogens (primary N) is 1. The van der Waals surface area contributed by atoms with E-state index in [0.717, 1.165) is 0 Å². The molecular weight excluding hydrogens is 349 g/mol. The standard InChI is InChI=1S/C19H16FN5O2/c1-11(18-15(5-6-17(26)24-18)25-8-2-7-22-25)27-16-10-12-9-13(20)3-4-14(12)23-19(16)21/h2-11H,1H3,(H2,21,23)(H,24,26)/t11-/m0/s1. The second-order valence-corrected chi connectivity index (χ2v) is 6.04. The Morgan fingerprint density at radius 2 is 2.11 bits per heavy atom. The Hall–Kier alpha value is -3.68. The maximum absolute atomic E-state index is 13.5. The number of halogens is 1. The number of fused-ring (bicyclic) bond motifs is 1. The molecule has 0 spiro atoms. The molecule has 1 atom stereocenters. The zero-order chi connectivity index (χ0) is 19.0. The van der Waals surface area contributed by atoms with Gasteiger partial charge in [0.1, 0.15) is 11.9 Å².